The van der Waals surface area contributed by atoms with Crippen molar-refractivity contribution in [2.75, 3.05) is 6.61 Å². The van der Waals surface area contributed by atoms with Crippen molar-refractivity contribution in [3.8, 4) is 0 Å². The van der Waals surface area contributed by atoms with Gasteiger partial charge in [0.1, 0.15) is 0 Å². The van der Waals surface area contributed by atoms with Gasteiger partial charge in [-0.3, -0.25) is 9.59 Å². The first-order valence-corrected chi connectivity index (χ1v) is 6.19. The Morgan fingerprint density at radius 1 is 1.25 bits per heavy atom. The Kier molecular flexibility index (Phi) is 4.83. The first-order valence-electron chi connectivity index (χ1n) is 6.19. The van der Waals surface area contributed by atoms with Crippen LogP contribution in [-0.4, -0.2) is 24.6 Å². The molecule has 0 N–H and O–H groups in total. The van der Waals surface area contributed by atoms with E-state index in [0.29, 0.717) is 0 Å². The molecule has 0 amide bonds. The molecule has 1 fully saturated rings. The van der Waals surface area contributed by atoms with Crippen molar-refractivity contribution in [3.63, 3.8) is 0 Å². The molecule has 0 aromatic carbocycles. The Balaban J connectivity index is 3.01. The second-order valence-corrected chi connectivity index (χ2v) is 5.22. The minimum Gasteiger partial charge on any atom is -0.466 e. The van der Waals surface area contributed by atoms with Crippen LogP contribution in [0.4, 0.5) is 13.2 Å². The van der Waals surface area contributed by atoms with Gasteiger partial charge in [-0.15, -0.1) is 0 Å². The molecule has 1 saturated carbocycles. The first-order chi connectivity index (χ1) is 9.14. The summed E-state index contributed by atoms with van der Waals surface area (Å²) in [7, 11) is 0. The third-order valence-corrected chi connectivity index (χ3v) is 3.50. The normalized spacial score (nSPS) is 24.6. The number of ether oxygens (including phenoxy) is 2. The molecule has 0 bridgehead atoms. The molecule has 114 valence electrons. The zero-order valence-corrected chi connectivity index (χ0v) is 11.7. The van der Waals surface area contributed by atoms with Crippen LogP contribution < -0.4 is 0 Å². The highest BCUT2D eigenvalue weighted by molar-refractivity contribution is 5.78. The van der Waals surface area contributed by atoms with Crippen molar-refractivity contribution in [2.45, 2.75) is 33.8 Å². The summed E-state index contributed by atoms with van der Waals surface area (Å²) in [5.74, 6) is -4.96. The Bertz CT molecular complexity index is 441. The molecule has 0 aromatic heterocycles. The number of carbonyl (C=O) groups excluding carboxylic acids is 2. The SMILES string of the molecule is CCOC(=O)[C@@H]1[C@@H](C(OC(C)=O)C(F)=C(F)F)C1(C)C. The van der Waals surface area contributed by atoms with E-state index in [1.165, 1.54) is 0 Å². The fraction of sp³-hybridized carbons (Fsp3) is 0.692. The van der Waals surface area contributed by atoms with Crippen LogP contribution in [-0.2, 0) is 19.1 Å². The van der Waals surface area contributed by atoms with Crippen LogP contribution in [0.1, 0.15) is 27.7 Å². The second kappa shape index (κ2) is 5.85. The van der Waals surface area contributed by atoms with E-state index in [1.807, 2.05) is 0 Å². The van der Waals surface area contributed by atoms with Gasteiger partial charge >= 0.3 is 18.0 Å². The molecule has 7 heteroatoms. The lowest BCUT2D eigenvalue weighted by Crippen LogP contribution is -2.23. The quantitative estimate of drug-likeness (QED) is 0.732. The van der Waals surface area contributed by atoms with Crippen LogP contribution in [0.15, 0.2) is 11.9 Å². The summed E-state index contributed by atoms with van der Waals surface area (Å²) < 4.78 is 47.8. The van der Waals surface area contributed by atoms with Gasteiger partial charge < -0.3 is 9.47 Å². The van der Waals surface area contributed by atoms with Crippen LogP contribution in [0.2, 0.25) is 0 Å². The van der Waals surface area contributed by atoms with E-state index < -0.39 is 47.2 Å². The predicted octanol–water partition coefficient (Wildman–Crippen LogP) is 2.83. The van der Waals surface area contributed by atoms with Crippen molar-refractivity contribution in [1.29, 1.82) is 0 Å². The van der Waals surface area contributed by atoms with Crippen molar-refractivity contribution in [1.82, 2.24) is 0 Å². The van der Waals surface area contributed by atoms with E-state index in [9.17, 15) is 22.8 Å². The lowest BCUT2D eigenvalue weighted by Gasteiger charge is -2.16. The standard InChI is InChI=1S/C13H17F3O4/c1-5-19-12(18)8-7(13(8,3)4)10(20-6(2)17)9(14)11(15)16/h7-8,10H,5H2,1-4H3/t7-,8-,10?/m0/s1. The Labute approximate surface area is 114 Å². The van der Waals surface area contributed by atoms with Crippen molar-refractivity contribution in [2.24, 2.45) is 17.3 Å². The number of hydrogen-bond acceptors (Lipinski definition) is 4. The van der Waals surface area contributed by atoms with Gasteiger partial charge in [0.05, 0.1) is 12.5 Å². The van der Waals surface area contributed by atoms with Gasteiger partial charge in [0.15, 0.2) is 6.10 Å². The molecular weight excluding hydrogens is 277 g/mol. The fourth-order valence-electron chi connectivity index (χ4n) is 2.49. The maximum Gasteiger partial charge on any atom is 0.309 e. The number of esters is 2. The third-order valence-electron chi connectivity index (χ3n) is 3.50. The molecule has 4 nitrogen and oxygen atoms in total. The Morgan fingerprint density at radius 3 is 2.20 bits per heavy atom. The van der Waals surface area contributed by atoms with Crippen molar-refractivity contribution in [3.05, 3.63) is 11.9 Å². The zero-order chi connectivity index (χ0) is 15.7. The molecule has 1 rings (SSSR count). The molecule has 0 radical (unpaired) electrons. The molecule has 3 atom stereocenters. The molecule has 0 spiro atoms. The maximum atomic E-state index is 13.5. The molecule has 0 saturated heterocycles. The van der Waals surface area contributed by atoms with Crippen LogP contribution in [0.25, 0.3) is 0 Å². The topological polar surface area (TPSA) is 52.6 Å². The van der Waals surface area contributed by atoms with E-state index in [1.54, 1.807) is 20.8 Å². The average Bonchev–Trinajstić information content (AvgIpc) is 2.88. The van der Waals surface area contributed by atoms with Gasteiger partial charge in [-0.2, -0.15) is 8.78 Å². The number of rotatable bonds is 5. The summed E-state index contributed by atoms with van der Waals surface area (Å²) in [5, 5.41) is 0. The lowest BCUT2D eigenvalue weighted by molar-refractivity contribution is -0.150. The van der Waals surface area contributed by atoms with Gasteiger partial charge in [-0.25, -0.2) is 4.39 Å². The summed E-state index contributed by atoms with van der Waals surface area (Å²) >= 11 is 0. The Hall–Kier alpha value is -1.53. The molecule has 1 aliphatic rings. The van der Waals surface area contributed by atoms with Gasteiger partial charge in [0.2, 0.25) is 5.83 Å². The minimum absolute atomic E-state index is 0.131. The largest absolute Gasteiger partial charge is 0.466 e. The highest BCUT2D eigenvalue weighted by Gasteiger charge is 2.67. The number of halogens is 3. The monoisotopic (exact) mass is 294 g/mol. The average molecular weight is 294 g/mol. The van der Waals surface area contributed by atoms with Crippen LogP contribution in [0, 0.1) is 17.3 Å². The number of carbonyl (C=O) groups is 2. The molecule has 0 heterocycles. The van der Waals surface area contributed by atoms with Gasteiger partial charge in [-0.05, 0) is 12.3 Å². The van der Waals surface area contributed by atoms with Crippen LogP contribution in [0.5, 0.6) is 0 Å². The van der Waals surface area contributed by atoms with Crippen LogP contribution >= 0.6 is 0 Å². The maximum absolute atomic E-state index is 13.5. The Morgan fingerprint density at radius 2 is 1.80 bits per heavy atom. The molecule has 0 aromatic rings. The molecule has 20 heavy (non-hydrogen) atoms. The first kappa shape index (κ1) is 16.5. The fourth-order valence-corrected chi connectivity index (χ4v) is 2.49. The van der Waals surface area contributed by atoms with E-state index in [0.717, 1.165) is 6.92 Å². The summed E-state index contributed by atoms with van der Waals surface area (Å²) in [6.45, 7) is 5.95. The van der Waals surface area contributed by atoms with Crippen LogP contribution in [0.3, 0.4) is 0 Å². The van der Waals surface area contributed by atoms with Gasteiger partial charge in [-0.1, -0.05) is 13.8 Å². The summed E-state index contributed by atoms with van der Waals surface area (Å²) in [5.41, 5.74) is -0.779. The third kappa shape index (κ3) is 3.13. The molecule has 1 aliphatic carbocycles. The van der Waals surface area contributed by atoms with E-state index in [-0.39, 0.29) is 6.61 Å². The zero-order valence-electron chi connectivity index (χ0n) is 11.7. The second-order valence-electron chi connectivity index (χ2n) is 5.22. The highest BCUT2D eigenvalue weighted by atomic mass is 19.3. The molecular formula is C13H17F3O4. The summed E-state index contributed by atoms with van der Waals surface area (Å²) in [4.78, 5) is 22.7. The minimum atomic E-state index is -2.55. The van der Waals surface area contributed by atoms with Gasteiger partial charge in [0.25, 0.3) is 0 Å². The van der Waals surface area contributed by atoms with Gasteiger partial charge in [0, 0.05) is 12.8 Å². The van der Waals surface area contributed by atoms with E-state index in [4.69, 9.17) is 4.74 Å². The molecule has 0 aliphatic heterocycles. The van der Waals surface area contributed by atoms with Crippen molar-refractivity contribution >= 4 is 11.9 Å². The summed E-state index contributed by atoms with van der Waals surface area (Å²) in [6, 6.07) is 0. The van der Waals surface area contributed by atoms with E-state index >= 15 is 0 Å². The smallest absolute Gasteiger partial charge is 0.309 e. The number of hydrogen-bond donors (Lipinski definition) is 0. The molecule has 1 unspecified atom stereocenters. The predicted molar refractivity (Wildman–Crippen MR) is 63.3 cm³/mol. The summed E-state index contributed by atoms with van der Waals surface area (Å²) in [6.07, 6.45) is -4.32. The lowest BCUT2D eigenvalue weighted by atomic mass is 10.1. The van der Waals surface area contributed by atoms with E-state index in [2.05, 4.69) is 4.74 Å². The van der Waals surface area contributed by atoms with Crippen molar-refractivity contribution < 1.29 is 32.2 Å². The highest BCUT2D eigenvalue weighted by Crippen LogP contribution is 2.62.